The first-order chi connectivity index (χ1) is 44.1. The number of carbonyl (C=O) groups is 3. The van der Waals surface area contributed by atoms with Crippen molar-refractivity contribution in [1.82, 2.24) is 27.9 Å². The summed E-state index contributed by atoms with van der Waals surface area (Å²) >= 11 is 0. The number of hydrogen-bond donors (Lipinski definition) is 6. The third-order valence-corrected chi connectivity index (χ3v) is 21.4. The fraction of sp³-hybridized carbons (Fsp3) is 0.333. The molecule has 6 aliphatic heterocycles. The number of nitrogens with one attached hydrogen (secondary N) is 6. The van der Waals surface area contributed by atoms with Gasteiger partial charge in [-0.2, -0.15) is 15.8 Å². The van der Waals surface area contributed by atoms with Crippen molar-refractivity contribution in [3.05, 3.63) is 162 Å². The molecule has 0 radical (unpaired) electrons. The van der Waals surface area contributed by atoms with Gasteiger partial charge >= 0.3 is 0 Å². The number of aryl methyl sites for hydroxylation is 5. The first kappa shape index (κ1) is 68.9. The predicted octanol–water partition coefficient (Wildman–Crippen LogP) is 5.56. The van der Waals surface area contributed by atoms with E-state index in [0.717, 1.165) is 17.2 Å². The highest BCUT2D eigenvalue weighted by atomic mass is 32.2. The summed E-state index contributed by atoms with van der Waals surface area (Å²) in [4.78, 5) is 38.6. The third kappa shape index (κ3) is 12.9. The number of nitriles is 3. The van der Waals surface area contributed by atoms with E-state index in [-0.39, 0.29) is 87.5 Å². The molecule has 3 amide bonds. The number of halogens is 1. The highest BCUT2D eigenvalue weighted by molar-refractivity contribution is 7.90. The highest BCUT2D eigenvalue weighted by Crippen LogP contribution is 2.43. The number of ether oxygens (including phenoxy) is 6. The molecule has 0 bridgehead atoms. The van der Waals surface area contributed by atoms with E-state index < -0.39 is 88.0 Å². The molecule has 94 heavy (non-hydrogen) atoms. The molecule has 9 heterocycles. The van der Waals surface area contributed by atoms with E-state index in [0.29, 0.717) is 62.1 Å². The second kappa shape index (κ2) is 26.5. The van der Waals surface area contributed by atoms with Crippen LogP contribution in [-0.4, -0.2) is 134 Å². The quantitative estimate of drug-likeness (QED) is 0.0816. The van der Waals surface area contributed by atoms with Crippen LogP contribution in [-0.2, 0) is 65.4 Å². The minimum atomic E-state index is -3.99. The topological polar surface area (TPSA) is 367 Å². The third-order valence-electron chi connectivity index (χ3n) is 17.0. The Morgan fingerprint density at radius 2 is 0.798 bits per heavy atom. The number of rotatable bonds is 12. The van der Waals surface area contributed by atoms with Gasteiger partial charge in [0.05, 0.1) is 103 Å². The first-order valence-corrected chi connectivity index (χ1v) is 32.9. The van der Waals surface area contributed by atoms with E-state index in [2.05, 4.69) is 62.0 Å². The van der Waals surface area contributed by atoms with E-state index in [9.17, 15) is 54.6 Å². The van der Waals surface area contributed by atoms with Crippen molar-refractivity contribution in [2.75, 3.05) is 75.4 Å². The Bertz CT molecular complexity index is 4130. The molecule has 12 rings (SSSR count). The summed E-state index contributed by atoms with van der Waals surface area (Å²) in [5.74, 6) is -2.58. The van der Waals surface area contributed by atoms with Gasteiger partial charge in [0.15, 0.2) is 34.3 Å². The van der Waals surface area contributed by atoms with Gasteiger partial charge in [0, 0.05) is 56.8 Å². The fourth-order valence-electron chi connectivity index (χ4n) is 11.0. The van der Waals surface area contributed by atoms with Gasteiger partial charge in [-0.25, -0.2) is 43.8 Å². The van der Waals surface area contributed by atoms with E-state index in [1.54, 1.807) is 88.6 Å². The standard InChI is InChI=1S/2C21H22N4O5S.C20H19FN4O5S.CH4/c2*1-4-21(11-29-12-21)17-10-30-19-16(31(27,28)24-17)9-25(3)18(19)20(26)23-15-6-5-13(2)14(7-15)8-22;1-3-20(10-29-11-20)16-9-30-18-15(31(27,28)24-16)8-25(2)17(18)19(26)23-13-4-5-14(21)12(6-13)7-22;/h2*4-7,9,17,24H,1,10-12H2,2-3H3,(H,23,26);3-6,8,16,24H,1,9-11H2,2H3,(H,23,26);1H4/t17-;;16-;/m0.1./s1. The number of benzene rings is 3. The second-order valence-corrected chi connectivity index (χ2v) is 28.1. The normalized spacial score (nSPS) is 20.6. The van der Waals surface area contributed by atoms with E-state index in [4.69, 9.17) is 33.7 Å². The van der Waals surface area contributed by atoms with Crippen LogP contribution < -0.4 is 44.3 Å². The molecule has 6 N–H and O–H groups in total. The number of sulfonamides is 3. The summed E-state index contributed by atoms with van der Waals surface area (Å²) in [6, 6.07) is 17.6. The second-order valence-electron chi connectivity index (χ2n) is 23.0. The number of carbonyl (C=O) groups excluding carboxylic acids is 3. The zero-order valence-electron chi connectivity index (χ0n) is 50.8. The molecule has 6 aliphatic rings. The van der Waals surface area contributed by atoms with Crippen molar-refractivity contribution in [3.63, 3.8) is 0 Å². The summed E-state index contributed by atoms with van der Waals surface area (Å²) in [7, 11) is -7.23. The van der Waals surface area contributed by atoms with Gasteiger partial charge in [-0.3, -0.25) is 14.4 Å². The molecule has 3 aromatic carbocycles. The molecule has 1 unspecified atom stereocenters. The summed E-state index contributed by atoms with van der Waals surface area (Å²) in [5.41, 5.74) is 1.64. The number of anilines is 3. The maximum Gasteiger partial charge on any atom is 0.276 e. The molecule has 0 spiro atoms. The summed E-state index contributed by atoms with van der Waals surface area (Å²) in [6.45, 7) is 17.0. The zero-order valence-corrected chi connectivity index (χ0v) is 53.2. The van der Waals surface area contributed by atoms with Crippen LogP contribution in [0.25, 0.3) is 0 Å². The highest BCUT2D eigenvalue weighted by Gasteiger charge is 2.51. The van der Waals surface area contributed by atoms with Crippen LogP contribution in [0.2, 0.25) is 0 Å². The minimum absolute atomic E-state index is 0. The molecule has 3 atom stereocenters. The molecule has 0 saturated carbocycles. The average molecular weight is 1350 g/mol. The lowest BCUT2D eigenvalue weighted by atomic mass is 9.79. The van der Waals surface area contributed by atoms with Gasteiger partial charge in [-0.1, -0.05) is 37.8 Å². The molecule has 494 valence electrons. The van der Waals surface area contributed by atoms with E-state index >= 15 is 0 Å². The van der Waals surface area contributed by atoms with Crippen LogP contribution in [0.4, 0.5) is 21.5 Å². The van der Waals surface area contributed by atoms with E-state index in [1.807, 2.05) is 0 Å². The van der Waals surface area contributed by atoms with Gasteiger partial charge < -0.3 is 58.1 Å². The van der Waals surface area contributed by atoms with Crippen LogP contribution in [0.15, 0.2) is 126 Å². The monoisotopic (exact) mass is 1350 g/mol. The van der Waals surface area contributed by atoms with Gasteiger partial charge in [0.2, 0.25) is 30.1 Å². The lowest BCUT2D eigenvalue weighted by Crippen LogP contribution is -2.58. The zero-order chi connectivity index (χ0) is 67.2. The molecule has 3 aromatic heterocycles. The van der Waals surface area contributed by atoms with Crippen molar-refractivity contribution in [3.8, 4) is 35.5 Å². The van der Waals surface area contributed by atoms with Crippen molar-refractivity contribution in [2.24, 2.45) is 37.4 Å². The Morgan fingerprint density at radius 1 is 0.521 bits per heavy atom. The largest absolute Gasteiger partial charge is 0.488 e. The summed E-state index contributed by atoms with van der Waals surface area (Å²) in [5, 5.41) is 35.4. The number of aromatic nitrogens is 3. The Labute approximate surface area is 542 Å². The Balaban J connectivity index is 0.000000165. The lowest BCUT2D eigenvalue weighted by Gasteiger charge is -2.44. The Kier molecular flexibility index (Phi) is 19.4. The number of amides is 3. The van der Waals surface area contributed by atoms with Gasteiger partial charge in [0.1, 0.15) is 46.4 Å². The Morgan fingerprint density at radius 3 is 1.05 bits per heavy atom. The van der Waals surface area contributed by atoms with Crippen molar-refractivity contribution in [1.29, 1.82) is 15.8 Å². The van der Waals surface area contributed by atoms with Crippen molar-refractivity contribution < 1.29 is 72.4 Å². The van der Waals surface area contributed by atoms with Gasteiger partial charge in [-0.15, -0.1) is 19.7 Å². The van der Waals surface area contributed by atoms with Crippen LogP contribution >= 0.6 is 0 Å². The van der Waals surface area contributed by atoms with E-state index in [1.165, 1.54) is 51.5 Å². The van der Waals surface area contributed by atoms with Crippen LogP contribution in [0.1, 0.15) is 66.7 Å². The number of nitrogens with zero attached hydrogens (tertiary/aromatic N) is 6. The first-order valence-electron chi connectivity index (χ1n) is 28.4. The maximum atomic E-state index is 13.5. The molecule has 27 nitrogen and oxygen atoms in total. The molecular weight excluding hydrogens is 1280 g/mol. The SMILES string of the molecule is C.C=CC1(C2COc3c(cn(C)c3C(=O)Nc3ccc(C)c(C#N)c3)S(=O)(=O)N2)COC1.C=CC1([C@@H]2COc3c(cn(C)c3C(=O)Nc3ccc(C)c(C#N)c3)S(=O)(=O)N2)COC1.C=CC1([C@H]2COc3c(cn(C)c3C(=O)Nc3ccc(F)c(C#N)c3)S(=O)(=O)N2)COC1. The molecule has 3 saturated heterocycles. The molecule has 31 heteroatoms. The lowest BCUT2D eigenvalue weighted by molar-refractivity contribution is -0.103. The molecular formula is C63H67FN12O15S3. The van der Waals surface area contributed by atoms with Crippen molar-refractivity contribution >= 4 is 64.9 Å². The molecule has 3 fully saturated rings. The number of hydrogen-bond acceptors (Lipinski definition) is 18. The van der Waals surface area contributed by atoms with Crippen LogP contribution in [0, 0.1) is 69.9 Å². The van der Waals surface area contributed by atoms with Crippen LogP contribution in [0.5, 0.6) is 17.2 Å². The van der Waals surface area contributed by atoms with Gasteiger partial charge in [-0.05, 0) is 67.4 Å². The number of fused-ring (bicyclic) bond motifs is 3. The smallest absolute Gasteiger partial charge is 0.276 e. The summed E-state index contributed by atoms with van der Waals surface area (Å²) in [6.07, 6.45) is 9.00. The van der Waals surface area contributed by atoms with Crippen LogP contribution in [0.3, 0.4) is 0 Å². The fourth-order valence-corrected chi connectivity index (χ4v) is 15.5. The molecule has 0 aliphatic carbocycles. The van der Waals surface area contributed by atoms with Crippen molar-refractivity contribution in [2.45, 2.75) is 54.1 Å². The Hall–Kier alpha value is -9.46. The minimum Gasteiger partial charge on any atom is -0.488 e. The van der Waals surface area contributed by atoms with Gasteiger partial charge in [0.25, 0.3) is 17.7 Å². The molecule has 6 aromatic rings. The predicted molar refractivity (Wildman–Crippen MR) is 339 cm³/mol. The summed E-state index contributed by atoms with van der Waals surface area (Å²) < 4.78 is 137. The maximum absolute atomic E-state index is 13.5. The average Bonchev–Trinajstić information content (AvgIpc) is 1.55.